The molecule has 19 nitrogen and oxygen atoms in total. The molecule has 1 saturated heterocycles. The van der Waals surface area contributed by atoms with Crippen LogP contribution in [0.1, 0.15) is 91.3 Å². The van der Waals surface area contributed by atoms with Crippen LogP contribution in [-0.2, 0) is 62.4 Å². The lowest BCUT2D eigenvalue weighted by Gasteiger charge is -2.35. The maximum absolute atomic E-state index is 13.9. The van der Waals surface area contributed by atoms with E-state index >= 15 is 0 Å². The van der Waals surface area contributed by atoms with Gasteiger partial charge in [0, 0.05) is 38.2 Å². The molecule has 1 unspecified atom stereocenters. The Kier molecular flexibility index (Phi) is 25.7. The number of aliphatic hydroxyl groups excluding tert-OH is 1. The number of methoxy groups -OCH3 is 1. The Balaban J connectivity index is 0.753. The third-order valence-electron chi connectivity index (χ3n) is 13.9. The van der Waals surface area contributed by atoms with Crippen molar-refractivity contribution in [3.63, 3.8) is 0 Å². The number of halogens is 3. The van der Waals surface area contributed by atoms with Crippen molar-refractivity contribution in [3.05, 3.63) is 106 Å². The highest BCUT2D eigenvalue weighted by atomic mass is 32.1. The minimum absolute atomic E-state index is 0.0000814. The average Bonchev–Trinajstić information content (AvgIpc) is 4.22. The molecule has 6 rings (SSSR count). The van der Waals surface area contributed by atoms with Crippen LogP contribution in [0, 0.1) is 24.2 Å². The van der Waals surface area contributed by atoms with E-state index in [1.165, 1.54) is 18.2 Å². The van der Waals surface area contributed by atoms with Gasteiger partial charge in [0.1, 0.15) is 30.1 Å². The summed E-state index contributed by atoms with van der Waals surface area (Å²) in [6.45, 7) is 10.4. The lowest BCUT2D eigenvalue weighted by molar-refractivity contribution is -0.183. The molecule has 0 spiro atoms. The Labute approximate surface area is 481 Å². The largest absolute Gasteiger partial charge is 0.495 e. The third kappa shape index (κ3) is 21.1. The smallest absolute Gasteiger partial charge is 0.391 e. The second-order valence-corrected chi connectivity index (χ2v) is 22.2. The zero-order valence-corrected chi connectivity index (χ0v) is 48.2. The molecule has 4 aromatic rings. The second-order valence-electron chi connectivity index (χ2n) is 21.3. The number of aliphatic hydroxyl groups is 1. The first kappa shape index (κ1) is 64.8. The number of carbonyl (C=O) groups is 5. The van der Waals surface area contributed by atoms with Crippen LogP contribution in [-0.4, -0.2) is 160 Å². The number of rotatable bonds is 31. The highest BCUT2D eigenvalue weighted by Crippen LogP contribution is 2.40. The molecule has 1 saturated carbocycles. The molecule has 0 bridgehead atoms. The van der Waals surface area contributed by atoms with Crippen molar-refractivity contribution in [2.75, 3.05) is 86.3 Å². The van der Waals surface area contributed by atoms with E-state index in [1.807, 2.05) is 76.2 Å². The van der Waals surface area contributed by atoms with E-state index in [0.29, 0.717) is 76.9 Å². The molecule has 3 heterocycles. The monoisotopic (exact) mass is 1170 g/mol. The Bertz CT molecular complexity index is 2710. The van der Waals surface area contributed by atoms with Gasteiger partial charge in [-0.1, -0.05) is 81.5 Å². The van der Waals surface area contributed by atoms with Crippen molar-refractivity contribution >= 4 is 46.9 Å². The minimum Gasteiger partial charge on any atom is -0.495 e. The molecular formula is C59H78F3N7O12S. The number of aromatic nitrogens is 2. The summed E-state index contributed by atoms with van der Waals surface area (Å²) in [7, 11) is 1.48. The van der Waals surface area contributed by atoms with Crippen LogP contribution in [0.2, 0.25) is 0 Å². The number of alkyl halides is 3. The fraction of sp³-hybridized carbons (Fsp3) is 0.542. The second kappa shape index (κ2) is 32.5. The zero-order valence-electron chi connectivity index (χ0n) is 47.4. The summed E-state index contributed by atoms with van der Waals surface area (Å²) in [6.07, 6.45) is 1.31. The van der Waals surface area contributed by atoms with Crippen molar-refractivity contribution in [2.45, 2.75) is 104 Å². The summed E-state index contributed by atoms with van der Waals surface area (Å²) in [5.74, 6) is -2.79. The average molecular weight is 1170 g/mol. The van der Waals surface area contributed by atoms with E-state index in [1.54, 1.807) is 35.1 Å². The molecule has 2 aromatic carbocycles. The van der Waals surface area contributed by atoms with Crippen LogP contribution >= 0.6 is 11.3 Å². The van der Waals surface area contributed by atoms with E-state index in [0.717, 1.165) is 32.8 Å². The van der Waals surface area contributed by atoms with Crippen molar-refractivity contribution in [3.8, 4) is 16.2 Å². The van der Waals surface area contributed by atoms with Gasteiger partial charge in [-0.3, -0.25) is 24.0 Å². The number of hydrogen-bond donors (Lipinski definition) is 5. The predicted molar refractivity (Wildman–Crippen MR) is 301 cm³/mol. The van der Waals surface area contributed by atoms with E-state index < -0.39 is 53.4 Å². The first-order valence-electron chi connectivity index (χ1n) is 27.6. The Morgan fingerprint density at radius 3 is 2.04 bits per heavy atom. The first-order chi connectivity index (χ1) is 39.3. The highest BCUT2D eigenvalue weighted by molar-refractivity contribution is 7.13. The van der Waals surface area contributed by atoms with Crippen molar-refractivity contribution in [1.82, 2.24) is 36.1 Å². The standard InChI is InChI=1S/C59H78F3N7O12S/c1-39-53(82-38-67-39)44-14-10-41(11-15-44)33-66-56(74)49-32-47(70)36-69(49)57(75)54(58(2,3)4)68-52(72)37-81-28-27-80-26-25-79-24-23-78-22-21-77-20-19-63-51(71)30-42-7-6-8-43(29-42)34-65-55(73)48-31-45(50(76-5)35-64-48)16-9-40-12-17-46(18-13-40)59(60,61)62/h6-11,14-16,29,31,35,38,40,46-47,49,54,70H,12-13,17-28,30,32-34,36-37H2,1-5H3,(H,63,71)(H,65,73)(H,66,74)(H,68,72)/b16-9+/t40-,46-,47-,49?,54-/m1/s1. The molecule has 2 aliphatic rings. The molecule has 2 fully saturated rings. The molecule has 5 amide bonds. The third-order valence-corrected chi connectivity index (χ3v) is 14.9. The number of amides is 5. The van der Waals surface area contributed by atoms with Crippen LogP contribution in [0.4, 0.5) is 13.2 Å². The van der Waals surface area contributed by atoms with Gasteiger partial charge in [-0.05, 0) is 72.3 Å². The van der Waals surface area contributed by atoms with Crippen molar-refractivity contribution in [1.29, 1.82) is 0 Å². The van der Waals surface area contributed by atoms with Crippen LogP contribution in [0.15, 0.2) is 72.4 Å². The number of hydrogen-bond acceptors (Lipinski definition) is 15. The van der Waals surface area contributed by atoms with E-state index in [-0.39, 0.29) is 88.6 Å². The van der Waals surface area contributed by atoms with Gasteiger partial charge in [0.2, 0.25) is 23.6 Å². The van der Waals surface area contributed by atoms with Gasteiger partial charge in [-0.15, -0.1) is 11.3 Å². The van der Waals surface area contributed by atoms with Crippen LogP contribution in [0.3, 0.4) is 0 Å². The van der Waals surface area contributed by atoms with Gasteiger partial charge < -0.3 is 59.7 Å². The van der Waals surface area contributed by atoms with Crippen molar-refractivity contribution < 1.29 is 70.7 Å². The minimum atomic E-state index is -4.17. The molecule has 448 valence electrons. The maximum Gasteiger partial charge on any atom is 0.391 e. The molecule has 0 radical (unpaired) electrons. The maximum atomic E-state index is 13.9. The fourth-order valence-electron chi connectivity index (χ4n) is 9.42. The Hall–Kier alpha value is -6.34. The summed E-state index contributed by atoms with van der Waals surface area (Å²) in [5, 5.41) is 21.9. The van der Waals surface area contributed by atoms with Gasteiger partial charge in [-0.2, -0.15) is 13.2 Å². The van der Waals surface area contributed by atoms with E-state index in [2.05, 4.69) is 31.2 Å². The number of thiazole rings is 1. The summed E-state index contributed by atoms with van der Waals surface area (Å²) >= 11 is 1.56. The highest BCUT2D eigenvalue weighted by Gasteiger charge is 2.45. The van der Waals surface area contributed by atoms with Gasteiger partial charge in [0.15, 0.2) is 0 Å². The molecule has 1 aliphatic heterocycles. The number of nitrogens with zero attached hydrogens (tertiary/aromatic N) is 3. The quantitative estimate of drug-likeness (QED) is 0.0344. The topological polar surface area (TPSA) is 238 Å². The van der Waals surface area contributed by atoms with Crippen LogP contribution in [0.25, 0.3) is 16.5 Å². The zero-order chi connectivity index (χ0) is 59.1. The molecule has 82 heavy (non-hydrogen) atoms. The SMILES string of the molecule is COc1cnc(C(=O)NCc2cccc(CC(=O)NCCOCCOCCOCCOCCOCC(=O)N[C@H](C(=O)N3C[C@H](O)CC3C(=O)NCc3ccc(-c4scnc4C)cc3)C(C)(C)C)c2)cc1/C=C/[C@H]1CC[C@H](C(F)(F)F)CC1. The molecule has 5 N–H and O–H groups in total. The lowest BCUT2D eigenvalue weighted by atomic mass is 9.81. The lowest BCUT2D eigenvalue weighted by Crippen LogP contribution is -2.58. The fourth-order valence-corrected chi connectivity index (χ4v) is 10.2. The van der Waals surface area contributed by atoms with E-state index in [9.17, 15) is 42.3 Å². The number of β-amino-alcohol motifs (C(OH)–C–C–N with tert-alkyl or cyclic N) is 1. The van der Waals surface area contributed by atoms with Gasteiger partial charge in [0.25, 0.3) is 5.91 Å². The molecule has 23 heteroatoms. The number of pyridine rings is 1. The Morgan fingerprint density at radius 1 is 0.780 bits per heavy atom. The number of likely N-dealkylation sites (tertiary alicyclic amines) is 1. The number of carbonyl (C=O) groups excluding carboxylic acids is 5. The van der Waals surface area contributed by atoms with Gasteiger partial charge in [-0.25, -0.2) is 9.97 Å². The van der Waals surface area contributed by atoms with Crippen LogP contribution < -0.4 is 26.0 Å². The summed E-state index contributed by atoms with van der Waals surface area (Å²) in [6, 6.07) is 14.8. The number of ether oxygens (including phenoxy) is 6. The normalized spacial score (nSPS) is 17.8. The summed E-state index contributed by atoms with van der Waals surface area (Å²) < 4.78 is 72.4. The number of aryl methyl sites for hydroxylation is 1. The predicted octanol–water partition coefficient (Wildman–Crippen LogP) is 6.38. The number of allylic oxidation sites excluding steroid dienone is 1. The van der Waals surface area contributed by atoms with Gasteiger partial charge in [0.05, 0.1) is 107 Å². The summed E-state index contributed by atoms with van der Waals surface area (Å²) in [5.41, 5.74) is 6.25. The van der Waals surface area contributed by atoms with Crippen LogP contribution in [0.5, 0.6) is 5.75 Å². The molecule has 1 aliphatic carbocycles. The number of nitrogens with one attached hydrogen (secondary N) is 4. The molecule has 3 atom stereocenters. The van der Waals surface area contributed by atoms with Crippen molar-refractivity contribution in [2.24, 2.45) is 17.3 Å². The summed E-state index contributed by atoms with van der Waals surface area (Å²) in [4.78, 5) is 77.0. The number of benzene rings is 2. The van der Waals surface area contributed by atoms with E-state index in [4.69, 9.17) is 28.4 Å². The van der Waals surface area contributed by atoms with Gasteiger partial charge >= 0.3 is 6.18 Å². The molecule has 2 aromatic heterocycles. The molecular weight excluding hydrogens is 1090 g/mol. The first-order valence-corrected chi connectivity index (χ1v) is 28.5. The Morgan fingerprint density at radius 2 is 1.41 bits per heavy atom.